The second-order valence-corrected chi connectivity index (χ2v) is 7.68. The highest BCUT2D eigenvalue weighted by molar-refractivity contribution is 7.80. The molecule has 0 fully saturated rings. The van der Waals surface area contributed by atoms with Gasteiger partial charge in [-0.1, -0.05) is 24.9 Å². The second-order valence-electron chi connectivity index (χ2n) is 6.90. The fourth-order valence-corrected chi connectivity index (χ4v) is 3.80. The first-order chi connectivity index (χ1) is 13.4. The van der Waals surface area contributed by atoms with Crippen LogP contribution in [0.25, 0.3) is 0 Å². The zero-order valence-electron chi connectivity index (χ0n) is 15.6. The minimum atomic E-state index is -0.688. The number of rotatable bonds is 5. The van der Waals surface area contributed by atoms with Gasteiger partial charge in [0, 0.05) is 29.7 Å². The third-order valence-corrected chi connectivity index (χ3v) is 5.55. The summed E-state index contributed by atoms with van der Waals surface area (Å²) >= 11 is 11.2. The number of thiocarbonyl (C=S) groups is 1. The van der Waals surface area contributed by atoms with E-state index >= 15 is 0 Å². The van der Waals surface area contributed by atoms with Crippen LogP contribution in [0.1, 0.15) is 51.9 Å². The van der Waals surface area contributed by atoms with E-state index in [-0.39, 0.29) is 22.3 Å². The monoisotopic (exact) mass is 424 g/mol. The number of unbranched alkanes of at least 4 members (excludes halogenated alkanes) is 1. The van der Waals surface area contributed by atoms with Crippen LogP contribution >= 0.6 is 23.8 Å². The summed E-state index contributed by atoms with van der Waals surface area (Å²) in [6.07, 6.45) is 7.23. The molecule has 0 spiro atoms. The number of carbonyl (C=O) groups excluding carboxylic acids is 2. The summed E-state index contributed by atoms with van der Waals surface area (Å²) in [5, 5.41) is 3.29. The van der Waals surface area contributed by atoms with Crippen LogP contribution in [0, 0.1) is 0 Å². The lowest BCUT2D eigenvalue weighted by Gasteiger charge is -2.23. The molecule has 0 aromatic carbocycles. The van der Waals surface area contributed by atoms with E-state index in [0.717, 1.165) is 36.7 Å². The van der Waals surface area contributed by atoms with Crippen LogP contribution in [0.4, 0.5) is 4.39 Å². The van der Waals surface area contributed by atoms with Crippen LogP contribution in [-0.4, -0.2) is 28.4 Å². The number of halogens is 2. The first-order valence-corrected chi connectivity index (χ1v) is 10.2. The Kier molecular flexibility index (Phi) is 6.67. The topological polar surface area (TPSA) is 58.6 Å². The molecule has 2 aliphatic carbocycles. The Labute approximate surface area is 173 Å². The summed E-state index contributed by atoms with van der Waals surface area (Å²) in [6.45, 7) is 2.76. The second kappa shape index (κ2) is 9.01. The molecule has 5 nitrogen and oxygen atoms in total. The molecule has 2 amide bonds. The van der Waals surface area contributed by atoms with Crippen LogP contribution in [-0.2, 0) is 14.3 Å². The summed E-state index contributed by atoms with van der Waals surface area (Å²) in [7, 11) is 0. The van der Waals surface area contributed by atoms with Crippen LogP contribution in [0.3, 0.4) is 0 Å². The van der Waals surface area contributed by atoms with Crippen molar-refractivity contribution in [1.29, 1.82) is 0 Å². The van der Waals surface area contributed by atoms with Crippen molar-refractivity contribution in [2.24, 2.45) is 0 Å². The Hall–Kier alpha value is -1.99. The fraction of sp³-hybridized carbons (Fsp3) is 0.450. The lowest BCUT2D eigenvalue weighted by molar-refractivity contribution is -0.135. The molecule has 0 aromatic heterocycles. The van der Waals surface area contributed by atoms with Crippen molar-refractivity contribution >= 4 is 40.8 Å². The first-order valence-electron chi connectivity index (χ1n) is 9.44. The smallest absolute Gasteiger partial charge is 0.261 e. The van der Waals surface area contributed by atoms with Gasteiger partial charge in [0.1, 0.15) is 5.83 Å². The summed E-state index contributed by atoms with van der Waals surface area (Å²) in [5.74, 6) is -1.53. The number of hydrogen-bond acceptors (Lipinski definition) is 4. The maximum Gasteiger partial charge on any atom is 0.261 e. The van der Waals surface area contributed by atoms with Crippen molar-refractivity contribution in [1.82, 2.24) is 10.2 Å². The summed E-state index contributed by atoms with van der Waals surface area (Å²) < 4.78 is 20.0. The number of carbonyl (C=O) groups is 2. The zero-order chi connectivity index (χ0) is 20.3. The van der Waals surface area contributed by atoms with Gasteiger partial charge in [-0.25, -0.2) is 9.29 Å². The van der Waals surface area contributed by atoms with Gasteiger partial charge in [-0.05, 0) is 50.4 Å². The number of ether oxygens (including phenoxy) is 1. The Balaban J connectivity index is 1.75. The molecule has 8 heteroatoms. The number of allylic oxidation sites excluding steroid dienone is 4. The Morgan fingerprint density at radius 3 is 2.57 bits per heavy atom. The van der Waals surface area contributed by atoms with Crippen molar-refractivity contribution < 1.29 is 18.7 Å². The highest BCUT2D eigenvalue weighted by Gasteiger charge is 2.42. The maximum atomic E-state index is 14.6. The quantitative estimate of drug-likeness (QED) is 0.304. The third-order valence-electron chi connectivity index (χ3n) is 4.96. The number of nitrogens with zero attached hydrogens (tertiary/aromatic N) is 1. The molecule has 1 heterocycles. The lowest BCUT2D eigenvalue weighted by atomic mass is 9.93. The molecular formula is C20H22ClFN2O3S. The van der Waals surface area contributed by atoms with Gasteiger partial charge in [0.15, 0.2) is 0 Å². The highest BCUT2D eigenvalue weighted by atomic mass is 35.5. The molecule has 0 radical (unpaired) electrons. The van der Waals surface area contributed by atoms with Crippen molar-refractivity contribution in [2.45, 2.75) is 51.9 Å². The van der Waals surface area contributed by atoms with Crippen LogP contribution < -0.4 is 5.32 Å². The lowest BCUT2D eigenvalue weighted by Crippen LogP contribution is -2.32. The number of hydrogen-bond donors (Lipinski definition) is 1. The minimum absolute atomic E-state index is 0.00601. The SMILES string of the molecule is CCCCNC(=S)OC=C1CC(N2C(=O)C3=C(CCCC3)C2=O)=C(F)C=C1Cl. The molecule has 0 bridgehead atoms. The Bertz CT molecular complexity index is 816. The first kappa shape index (κ1) is 20.7. The van der Waals surface area contributed by atoms with E-state index in [1.54, 1.807) is 0 Å². The molecule has 1 aliphatic heterocycles. The van der Waals surface area contributed by atoms with Crippen molar-refractivity contribution in [2.75, 3.05) is 6.54 Å². The fourth-order valence-electron chi connectivity index (χ4n) is 3.44. The number of amides is 2. The van der Waals surface area contributed by atoms with Crippen LogP contribution in [0.2, 0.25) is 0 Å². The van der Waals surface area contributed by atoms with Gasteiger partial charge in [-0.15, -0.1) is 0 Å². The molecule has 0 unspecified atom stereocenters. The Morgan fingerprint density at radius 2 is 1.96 bits per heavy atom. The predicted molar refractivity (Wildman–Crippen MR) is 109 cm³/mol. The third kappa shape index (κ3) is 4.20. The van der Waals surface area contributed by atoms with E-state index in [1.807, 2.05) is 0 Å². The van der Waals surface area contributed by atoms with Gasteiger partial charge >= 0.3 is 0 Å². The molecular weight excluding hydrogens is 403 g/mol. The van der Waals surface area contributed by atoms with Gasteiger partial charge in [0.2, 0.25) is 0 Å². The molecule has 1 N–H and O–H groups in total. The van der Waals surface area contributed by atoms with Crippen molar-refractivity contribution in [3.05, 3.63) is 45.6 Å². The van der Waals surface area contributed by atoms with E-state index in [0.29, 0.717) is 36.1 Å². The average molecular weight is 425 g/mol. The van der Waals surface area contributed by atoms with E-state index < -0.39 is 17.6 Å². The maximum absolute atomic E-state index is 14.6. The normalized spacial score (nSPS) is 21.3. The van der Waals surface area contributed by atoms with Crippen molar-refractivity contribution in [3.63, 3.8) is 0 Å². The van der Waals surface area contributed by atoms with Gasteiger partial charge in [-0.2, -0.15) is 0 Å². The summed E-state index contributed by atoms with van der Waals surface area (Å²) in [5.41, 5.74) is 1.47. The minimum Gasteiger partial charge on any atom is -0.440 e. The van der Waals surface area contributed by atoms with E-state index in [9.17, 15) is 14.0 Å². The van der Waals surface area contributed by atoms with Gasteiger partial charge in [0.05, 0.1) is 17.0 Å². The largest absolute Gasteiger partial charge is 0.440 e. The molecule has 28 heavy (non-hydrogen) atoms. The summed E-state index contributed by atoms with van der Waals surface area (Å²) in [6, 6.07) is 0. The standard InChI is InChI=1S/C20H22ClFN2O3S/c1-2-3-8-23-20(28)27-11-12-9-17(16(22)10-15(12)21)24-18(25)13-6-4-5-7-14(13)19(24)26/h10-11H,2-9H2,1H3,(H,23,28). The zero-order valence-corrected chi connectivity index (χ0v) is 17.2. The van der Waals surface area contributed by atoms with Crippen LogP contribution in [0.5, 0.6) is 0 Å². The molecule has 3 aliphatic rings. The van der Waals surface area contributed by atoms with E-state index in [1.165, 1.54) is 6.26 Å². The average Bonchev–Trinajstić information content (AvgIpc) is 2.93. The molecule has 0 aromatic rings. The van der Waals surface area contributed by atoms with E-state index in [2.05, 4.69) is 12.2 Å². The summed E-state index contributed by atoms with van der Waals surface area (Å²) in [4.78, 5) is 26.4. The van der Waals surface area contributed by atoms with E-state index in [4.69, 9.17) is 28.6 Å². The van der Waals surface area contributed by atoms with Gasteiger partial charge in [0.25, 0.3) is 17.0 Å². The molecule has 0 saturated carbocycles. The molecule has 0 saturated heterocycles. The Morgan fingerprint density at radius 1 is 1.32 bits per heavy atom. The van der Waals surface area contributed by atoms with Crippen LogP contribution in [0.15, 0.2) is 45.6 Å². The van der Waals surface area contributed by atoms with Gasteiger partial charge < -0.3 is 10.1 Å². The number of imide groups is 1. The number of nitrogens with one attached hydrogen (secondary N) is 1. The molecule has 150 valence electrons. The van der Waals surface area contributed by atoms with Gasteiger partial charge in [-0.3, -0.25) is 9.59 Å². The van der Waals surface area contributed by atoms with Crippen molar-refractivity contribution in [3.8, 4) is 0 Å². The molecule has 3 rings (SSSR count). The molecule has 0 atom stereocenters. The predicted octanol–water partition coefficient (Wildman–Crippen LogP) is 4.51. The highest BCUT2D eigenvalue weighted by Crippen LogP contribution is 2.40.